The van der Waals surface area contributed by atoms with Crippen LogP contribution in [-0.4, -0.2) is 47.4 Å². The van der Waals surface area contributed by atoms with Crippen LogP contribution in [-0.2, 0) is 11.3 Å². The molecule has 0 saturated heterocycles. The second-order valence-electron chi connectivity index (χ2n) is 6.29. The van der Waals surface area contributed by atoms with E-state index in [2.05, 4.69) is 4.98 Å². The molecule has 0 saturated carbocycles. The molecule has 0 aliphatic rings. The lowest BCUT2D eigenvalue weighted by molar-refractivity contribution is -0.127. The fourth-order valence-corrected chi connectivity index (χ4v) is 3.67. The summed E-state index contributed by atoms with van der Waals surface area (Å²) in [5.41, 5.74) is 1.60. The first-order valence-electron chi connectivity index (χ1n) is 8.88. The molecular weight excluding hydrogens is 393 g/mol. The van der Waals surface area contributed by atoms with Crippen molar-refractivity contribution in [2.75, 3.05) is 27.0 Å². The van der Waals surface area contributed by atoms with Gasteiger partial charge in [0.2, 0.25) is 5.91 Å². The molecule has 6 nitrogen and oxygen atoms in total. The molecule has 0 N–H and O–H groups in total. The Hall–Kier alpha value is -3.00. The number of nitrogens with zero attached hydrogens (tertiary/aromatic N) is 3. The van der Waals surface area contributed by atoms with Crippen molar-refractivity contribution in [2.45, 2.75) is 11.7 Å². The van der Waals surface area contributed by atoms with Crippen molar-refractivity contribution in [3.8, 4) is 17.2 Å². The van der Waals surface area contributed by atoms with Crippen LogP contribution >= 0.6 is 11.8 Å². The van der Waals surface area contributed by atoms with Gasteiger partial charge in [0.15, 0.2) is 16.7 Å². The van der Waals surface area contributed by atoms with E-state index in [0.717, 1.165) is 11.4 Å². The smallest absolute Gasteiger partial charge is 0.233 e. The van der Waals surface area contributed by atoms with Gasteiger partial charge in [0.25, 0.3) is 0 Å². The number of carbonyl (C=O) groups excluding carboxylic acids is 1. The van der Waals surface area contributed by atoms with Crippen LogP contribution in [0.3, 0.4) is 0 Å². The lowest BCUT2D eigenvalue weighted by Crippen LogP contribution is -2.28. The van der Waals surface area contributed by atoms with E-state index >= 15 is 0 Å². The highest BCUT2D eigenvalue weighted by Gasteiger charge is 2.14. The van der Waals surface area contributed by atoms with E-state index in [0.29, 0.717) is 17.3 Å². The van der Waals surface area contributed by atoms with Crippen LogP contribution in [0.25, 0.3) is 5.69 Å². The highest BCUT2D eigenvalue weighted by atomic mass is 32.2. The van der Waals surface area contributed by atoms with E-state index in [1.165, 1.54) is 24.9 Å². The molecule has 0 bridgehead atoms. The Bertz CT molecular complexity index is 993. The van der Waals surface area contributed by atoms with E-state index < -0.39 is 5.82 Å². The maximum atomic E-state index is 13.8. The Morgan fingerprint density at radius 2 is 2.03 bits per heavy atom. The minimum absolute atomic E-state index is 0.0774. The molecular formula is C21H22FN3O3S. The van der Waals surface area contributed by atoms with Crippen molar-refractivity contribution in [2.24, 2.45) is 0 Å². The van der Waals surface area contributed by atoms with Crippen LogP contribution in [0.5, 0.6) is 11.5 Å². The Morgan fingerprint density at radius 1 is 1.21 bits per heavy atom. The number of benzene rings is 2. The largest absolute Gasteiger partial charge is 0.497 e. The Labute approximate surface area is 173 Å². The van der Waals surface area contributed by atoms with Crippen molar-refractivity contribution < 1.29 is 18.7 Å². The molecule has 8 heteroatoms. The molecule has 0 aliphatic carbocycles. The summed E-state index contributed by atoms with van der Waals surface area (Å²) in [6.07, 6.45) is 3.53. The van der Waals surface area contributed by atoms with Gasteiger partial charge in [-0.2, -0.15) is 0 Å². The van der Waals surface area contributed by atoms with Crippen LogP contribution in [0.1, 0.15) is 5.56 Å². The minimum Gasteiger partial charge on any atom is -0.497 e. The van der Waals surface area contributed by atoms with Gasteiger partial charge in [0.05, 0.1) is 25.7 Å². The fourth-order valence-electron chi connectivity index (χ4n) is 2.76. The maximum absolute atomic E-state index is 13.8. The molecule has 3 rings (SSSR count). The van der Waals surface area contributed by atoms with E-state index in [9.17, 15) is 9.18 Å². The zero-order valence-corrected chi connectivity index (χ0v) is 17.3. The van der Waals surface area contributed by atoms with Gasteiger partial charge in [-0.15, -0.1) is 0 Å². The van der Waals surface area contributed by atoms with Crippen LogP contribution in [0.15, 0.2) is 60.0 Å². The van der Waals surface area contributed by atoms with Gasteiger partial charge >= 0.3 is 0 Å². The third-order valence-electron chi connectivity index (χ3n) is 4.32. The molecule has 3 aromatic rings. The number of carbonyl (C=O) groups is 1. The molecule has 0 atom stereocenters. The molecule has 0 unspecified atom stereocenters. The lowest BCUT2D eigenvalue weighted by Gasteiger charge is -2.17. The topological polar surface area (TPSA) is 56.6 Å². The molecule has 0 fully saturated rings. The second-order valence-corrected chi connectivity index (χ2v) is 7.23. The third-order valence-corrected chi connectivity index (χ3v) is 5.28. The molecule has 2 aromatic carbocycles. The van der Waals surface area contributed by atoms with Gasteiger partial charge in [0.1, 0.15) is 5.75 Å². The van der Waals surface area contributed by atoms with Crippen LogP contribution in [0.4, 0.5) is 4.39 Å². The van der Waals surface area contributed by atoms with E-state index in [-0.39, 0.29) is 17.4 Å². The summed E-state index contributed by atoms with van der Waals surface area (Å²) >= 11 is 1.34. The van der Waals surface area contributed by atoms with E-state index in [1.807, 2.05) is 35.0 Å². The normalized spacial score (nSPS) is 10.6. The molecule has 0 spiro atoms. The molecule has 0 radical (unpaired) electrons. The van der Waals surface area contributed by atoms with Gasteiger partial charge in [-0.1, -0.05) is 23.9 Å². The second kappa shape index (κ2) is 9.47. The van der Waals surface area contributed by atoms with Gasteiger partial charge in [-0.05, 0) is 29.8 Å². The molecule has 152 valence electrons. The average molecular weight is 415 g/mol. The maximum Gasteiger partial charge on any atom is 0.233 e. The number of halogens is 1. The molecule has 29 heavy (non-hydrogen) atoms. The number of imidazole rings is 1. The molecule has 0 aliphatic heterocycles. The predicted octanol–water partition coefficient (Wildman–Crippen LogP) is 3.78. The third kappa shape index (κ3) is 5.08. The highest BCUT2D eigenvalue weighted by molar-refractivity contribution is 7.99. The number of ether oxygens (including phenoxy) is 2. The number of amides is 1. The summed E-state index contributed by atoms with van der Waals surface area (Å²) in [5.74, 6) is 0.625. The summed E-state index contributed by atoms with van der Waals surface area (Å²) in [6.45, 7) is 0.310. The van der Waals surface area contributed by atoms with Gasteiger partial charge in [0, 0.05) is 32.1 Å². The number of hydrogen-bond acceptors (Lipinski definition) is 5. The van der Waals surface area contributed by atoms with Crippen molar-refractivity contribution in [1.29, 1.82) is 0 Å². The van der Waals surface area contributed by atoms with Crippen molar-refractivity contribution in [3.05, 3.63) is 66.2 Å². The Morgan fingerprint density at radius 3 is 2.76 bits per heavy atom. The first-order valence-corrected chi connectivity index (χ1v) is 9.87. The minimum atomic E-state index is -0.444. The highest BCUT2D eigenvalue weighted by Crippen LogP contribution is 2.24. The number of aromatic nitrogens is 2. The Balaban J connectivity index is 1.62. The molecule has 1 heterocycles. The van der Waals surface area contributed by atoms with Crippen molar-refractivity contribution >= 4 is 17.7 Å². The van der Waals surface area contributed by atoms with Crippen LogP contribution < -0.4 is 9.47 Å². The van der Waals surface area contributed by atoms with Crippen molar-refractivity contribution in [3.63, 3.8) is 0 Å². The van der Waals surface area contributed by atoms with Crippen LogP contribution in [0, 0.1) is 5.82 Å². The fraction of sp³-hybridized carbons (Fsp3) is 0.238. The summed E-state index contributed by atoms with van der Waals surface area (Å²) in [6, 6.07) is 12.3. The number of methoxy groups -OCH3 is 2. The first-order chi connectivity index (χ1) is 14.0. The zero-order valence-electron chi connectivity index (χ0n) is 16.5. The lowest BCUT2D eigenvalue weighted by atomic mass is 10.2. The van der Waals surface area contributed by atoms with E-state index in [1.54, 1.807) is 37.4 Å². The first kappa shape index (κ1) is 20.7. The van der Waals surface area contributed by atoms with Gasteiger partial charge in [-0.3, -0.25) is 9.36 Å². The quantitative estimate of drug-likeness (QED) is 0.524. The number of hydrogen-bond donors (Lipinski definition) is 0. The van der Waals surface area contributed by atoms with E-state index in [4.69, 9.17) is 9.47 Å². The molecule has 1 aromatic heterocycles. The monoisotopic (exact) mass is 415 g/mol. The standard InChI is InChI=1S/C21H22FN3O3S/c1-24(13-15-7-8-19(28-3)18(22)11-15)20(26)14-29-21-23-9-10-25(21)16-5-4-6-17(12-16)27-2/h4-12H,13-14H2,1-3H3. The Kier molecular flexibility index (Phi) is 6.77. The van der Waals surface area contributed by atoms with Crippen molar-refractivity contribution in [1.82, 2.24) is 14.5 Å². The predicted molar refractivity (Wildman–Crippen MR) is 110 cm³/mol. The summed E-state index contributed by atoms with van der Waals surface area (Å²) in [4.78, 5) is 18.4. The SMILES string of the molecule is COc1cccc(-n2ccnc2SCC(=O)N(C)Cc2ccc(OC)c(F)c2)c1. The zero-order chi connectivity index (χ0) is 20.8. The summed E-state index contributed by atoms with van der Waals surface area (Å²) in [7, 11) is 4.73. The van der Waals surface area contributed by atoms with Crippen LogP contribution in [0.2, 0.25) is 0 Å². The molecule has 1 amide bonds. The number of thioether (sulfide) groups is 1. The van der Waals surface area contributed by atoms with Gasteiger partial charge in [-0.25, -0.2) is 9.37 Å². The average Bonchev–Trinajstić information content (AvgIpc) is 3.20. The summed E-state index contributed by atoms with van der Waals surface area (Å²) < 4.78 is 25.9. The van der Waals surface area contributed by atoms with Gasteiger partial charge < -0.3 is 14.4 Å². The number of rotatable bonds is 8. The summed E-state index contributed by atoms with van der Waals surface area (Å²) in [5, 5.41) is 0.704.